The lowest BCUT2D eigenvalue weighted by Crippen LogP contribution is -2.25. The van der Waals surface area contributed by atoms with Gasteiger partial charge in [0.05, 0.1) is 11.4 Å². The number of pyridine rings is 1. The second kappa shape index (κ2) is 8.10. The Morgan fingerprint density at radius 1 is 1.09 bits per heavy atom. The second-order valence-electron chi connectivity index (χ2n) is 7.49. The first-order valence-corrected chi connectivity index (χ1v) is 10.2. The van der Waals surface area contributed by atoms with E-state index in [0.717, 1.165) is 22.5 Å². The van der Waals surface area contributed by atoms with Gasteiger partial charge >= 0.3 is 0 Å². The summed E-state index contributed by atoms with van der Waals surface area (Å²) >= 11 is 0. The van der Waals surface area contributed by atoms with Gasteiger partial charge in [0.2, 0.25) is 5.91 Å². The quantitative estimate of drug-likeness (QED) is 0.505. The molecule has 0 bridgehead atoms. The van der Waals surface area contributed by atoms with Crippen LogP contribution in [0.5, 0.6) is 5.75 Å². The molecule has 0 radical (unpaired) electrons. The Balaban J connectivity index is 1.55. The SMILES string of the molecule is Cc1nn(-c2ccc(=O)[nH]n2)c2c1C(c1ccccc1OCc1ccccn1)CC(=O)N2. The molecule has 0 aliphatic carbocycles. The van der Waals surface area contributed by atoms with E-state index in [1.165, 1.54) is 6.07 Å². The minimum atomic E-state index is -0.313. The molecule has 0 saturated carbocycles. The van der Waals surface area contributed by atoms with Crippen molar-refractivity contribution >= 4 is 11.7 Å². The fraction of sp³-hybridized carbons (Fsp3) is 0.174. The van der Waals surface area contributed by atoms with Crippen LogP contribution < -0.4 is 15.6 Å². The third-order valence-corrected chi connectivity index (χ3v) is 5.38. The van der Waals surface area contributed by atoms with Gasteiger partial charge in [-0.25, -0.2) is 5.10 Å². The zero-order valence-electron chi connectivity index (χ0n) is 17.3. The van der Waals surface area contributed by atoms with Crippen LogP contribution in [0.1, 0.15) is 34.9 Å². The third kappa shape index (κ3) is 3.64. The van der Waals surface area contributed by atoms with Crippen LogP contribution in [-0.2, 0) is 11.4 Å². The number of amides is 1. The number of H-pyrrole nitrogens is 1. The third-order valence-electron chi connectivity index (χ3n) is 5.38. The van der Waals surface area contributed by atoms with Crippen molar-refractivity contribution in [2.45, 2.75) is 25.9 Å². The standard InChI is InChI=1S/C23H20N6O3/c1-14-22-17(16-7-2-3-8-18(16)32-13-15-6-4-5-11-24-15)12-21(31)25-23(22)29(28-14)19-9-10-20(30)27-26-19/h2-11,17H,12-13H2,1H3,(H,25,31)(H,27,30). The largest absolute Gasteiger partial charge is 0.487 e. The normalized spacial score (nSPS) is 15.2. The first kappa shape index (κ1) is 19.7. The van der Waals surface area contributed by atoms with Gasteiger partial charge in [0, 0.05) is 35.7 Å². The number of para-hydroxylation sites is 1. The molecular formula is C23H20N6O3. The molecule has 1 amide bonds. The molecule has 0 saturated heterocycles. The lowest BCUT2D eigenvalue weighted by Gasteiger charge is -2.25. The Bertz CT molecular complexity index is 1330. The molecule has 9 heteroatoms. The number of fused-ring (bicyclic) bond motifs is 1. The highest BCUT2D eigenvalue weighted by molar-refractivity contribution is 5.95. The number of aryl methyl sites for hydroxylation is 1. The Kier molecular flexibility index (Phi) is 4.98. The second-order valence-corrected chi connectivity index (χ2v) is 7.49. The summed E-state index contributed by atoms with van der Waals surface area (Å²) in [4.78, 5) is 28.4. The number of hydrogen-bond acceptors (Lipinski definition) is 6. The van der Waals surface area contributed by atoms with E-state index in [9.17, 15) is 9.59 Å². The molecular weight excluding hydrogens is 408 g/mol. The molecule has 4 aromatic rings. The van der Waals surface area contributed by atoms with Gasteiger partial charge in [0.15, 0.2) is 5.82 Å². The van der Waals surface area contributed by atoms with Gasteiger partial charge in [-0.3, -0.25) is 14.6 Å². The number of hydrogen-bond donors (Lipinski definition) is 2. The molecule has 3 aromatic heterocycles. The van der Waals surface area contributed by atoms with Gasteiger partial charge < -0.3 is 10.1 Å². The van der Waals surface area contributed by atoms with Crippen LogP contribution in [0.25, 0.3) is 5.82 Å². The fourth-order valence-corrected chi connectivity index (χ4v) is 3.97. The molecule has 9 nitrogen and oxygen atoms in total. The molecule has 160 valence electrons. The molecule has 32 heavy (non-hydrogen) atoms. The Morgan fingerprint density at radius 2 is 1.94 bits per heavy atom. The first-order valence-electron chi connectivity index (χ1n) is 10.2. The molecule has 1 unspecified atom stereocenters. The van der Waals surface area contributed by atoms with E-state index in [-0.39, 0.29) is 23.8 Å². The van der Waals surface area contributed by atoms with Crippen molar-refractivity contribution in [3.8, 4) is 11.6 Å². The number of aromatic nitrogens is 5. The predicted octanol–water partition coefficient (Wildman–Crippen LogP) is 2.71. The summed E-state index contributed by atoms with van der Waals surface area (Å²) in [6.07, 6.45) is 1.99. The maximum Gasteiger partial charge on any atom is 0.264 e. The maximum atomic E-state index is 12.7. The number of nitrogens with one attached hydrogen (secondary N) is 2. The van der Waals surface area contributed by atoms with E-state index in [1.807, 2.05) is 49.4 Å². The summed E-state index contributed by atoms with van der Waals surface area (Å²) in [5, 5.41) is 14.0. The molecule has 0 spiro atoms. The van der Waals surface area contributed by atoms with Gasteiger partial charge in [-0.2, -0.15) is 14.9 Å². The molecule has 4 heterocycles. The van der Waals surface area contributed by atoms with Crippen LogP contribution in [0, 0.1) is 6.92 Å². The molecule has 1 aliphatic rings. The highest BCUT2D eigenvalue weighted by Gasteiger charge is 2.34. The lowest BCUT2D eigenvalue weighted by atomic mass is 9.85. The first-order chi connectivity index (χ1) is 15.6. The number of ether oxygens (including phenoxy) is 1. The molecule has 1 aromatic carbocycles. The lowest BCUT2D eigenvalue weighted by molar-refractivity contribution is -0.116. The Labute approximate surface area is 183 Å². The average Bonchev–Trinajstić information content (AvgIpc) is 3.14. The number of carbonyl (C=O) groups excluding carboxylic acids is 1. The predicted molar refractivity (Wildman–Crippen MR) is 117 cm³/mol. The van der Waals surface area contributed by atoms with E-state index in [4.69, 9.17) is 4.74 Å². The van der Waals surface area contributed by atoms with Crippen LogP contribution in [0.15, 0.2) is 65.6 Å². The van der Waals surface area contributed by atoms with Crippen LogP contribution in [0.2, 0.25) is 0 Å². The summed E-state index contributed by atoms with van der Waals surface area (Å²) in [6, 6.07) is 16.3. The van der Waals surface area contributed by atoms with Crippen molar-refractivity contribution in [1.82, 2.24) is 25.0 Å². The van der Waals surface area contributed by atoms with E-state index in [0.29, 0.717) is 24.0 Å². The monoisotopic (exact) mass is 428 g/mol. The Morgan fingerprint density at radius 3 is 2.72 bits per heavy atom. The maximum absolute atomic E-state index is 12.7. The number of anilines is 1. The van der Waals surface area contributed by atoms with Crippen LogP contribution >= 0.6 is 0 Å². The van der Waals surface area contributed by atoms with E-state index >= 15 is 0 Å². The van der Waals surface area contributed by atoms with Gasteiger partial charge in [0.25, 0.3) is 5.56 Å². The molecule has 0 fully saturated rings. The molecule has 1 aliphatic heterocycles. The number of rotatable bonds is 5. The highest BCUT2D eigenvalue weighted by Crippen LogP contribution is 2.43. The average molecular weight is 428 g/mol. The minimum Gasteiger partial charge on any atom is -0.487 e. The minimum absolute atomic E-state index is 0.132. The summed E-state index contributed by atoms with van der Waals surface area (Å²) in [5.74, 6) is 1.28. The van der Waals surface area contributed by atoms with Crippen LogP contribution in [0.4, 0.5) is 5.82 Å². The topological polar surface area (TPSA) is 115 Å². The number of nitrogens with zero attached hydrogens (tertiary/aromatic N) is 4. The van der Waals surface area contributed by atoms with E-state index in [1.54, 1.807) is 16.9 Å². The van der Waals surface area contributed by atoms with E-state index in [2.05, 4.69) is 25.6 Å². The van der Waals surface area contributed by atoms with Crippen molar-refractivity contribution in [2.75, 3.05) is 5.32 Å². The summed E-state index contributed by atoms with van der Waals surface area (Å²) in [7, 11) is 0. The van der Waals surface area contributed by atoms with Crippen LogP contribution in [0.3, 0.4) is 0 Å². The van der Waals surface area contributed by atoms with Crippen LogP contribution in [-0.4, -0.2) is 30.9 Å². The zero-order valence-corrected chi connectivity index (χ0v) is 17.3. The number of benzene rings is 1. The van der Waals surface area contributed by atoms with Gasteiger partial charge in [0.1, 0.15) is 18.2 Å². The van der Waals surface area contributed by atoms with Crippen molar-refractivity contribution in [1.29, 1.82) is 0 Å². The number of carbonyl (C=O) groups is 1. The van der Waals surface area contributed by atoms with E-state index < -0.39 is 0 Å². The van der Waals surface area contributed by atoms with Gasteiger partial charge in [-0.15, -0.1) is 0 Å². The van der Waals surface area contributed by atoms with Crippen molar-refractivity contribution in [2.24, 2.45) is 0 Å². The molecule has 1 atom stereocenters. The molecule has 5 rings (SSSR count). The highest BCUT2D eigenvalue weighted by atomic mass is 16.5. The van der Waals surface area contributed by atoms with Crippen molar-refractivity contribution < 1.29 is 9.53 Å². The smallest absolute Gasteiger partial charge is 0.264 e. The Hall–Kier alpha value is -4.27. The molecule has 2 N–H and O–H groups in total. The summed E-state index contributed by atoms with van der Waals surface area (Å²) in [5.41, 5.74) is 3.06. The van der Waals surface area contributed by atoms with Gasteiger partial charge in [-0.05, 0) is 31.2 Å². The number of aromatic amines is 1. The summed E-state index contributed by atoms with van der Waals surface area (Å²) in [6.45, 7) is 2.21. The van der Waals surface area contributed by atoms with Crippen molar-refractivity contribution in [3.05, 3.63) is 93.7 Å². The van der Waals surface area contributed by atoms with Gasteiger partial charge in [-0.1, -0.05) is 24.3 Å². The summed E-state index contributed by atoms with van der Waals surface area (Å²) < 4.78 is 7.64. The fourth-order valence-electron chi connectivity index (χ4n) is 3.97. The van der Waals surface area contributed by atoms with Crippen molar-refractivity contribution in [3.63, 3.8) is 0 Å². The zero-order chi connectivity index (χ0) is 22.1.